The van der Waals surface area contributed by atoms with Crippen LogP contribution in [0, 0.1) is 11.8 Å². The van der Waals surface area contributed by atoms with Crippen molar-refractivity contribution in [3.63, 3.8) is 0 Å². The molecule has 0 aromatic heterocycles. The number of morpholine rings is 1. The zero-order valence-electron chi connectivity index (χ0n) is 31.8. The van der Waals surface area contributed by atoms with Gasteiger partial charge in [-0.1, -0.05) is 88.4 Å². The van der Waals surface area contributed by atoms with Gasteiger partial charge < -0.3 is 36.2 Å². The van der Waals surface area contributed by atoms with Crippen molar-refractivity contribution in [1.82, 2.24) is 26.2 Å². The number of amides is 4. The molecule has 1 aliphatic rings. The number of aryl methyl sites for hydroxylation is 1. The molecule has 0 bridgehead atoms. The molecular formula is C40H59N5O8. The SMILES string of the molecule is CC(C)CC(NC(=O)[C@H](Cc1ccccc1)NC(=O)[C@H](CC(C)C)NC(=O)[C@H](CCc1ccccc1)NC(=O)CN1CCOCC1)C(=O)[C@](C)(O)CO. The normalized spacial score (nSPS) is 16.8. The van der Waals surface area contributed by atoms with E-state index in [1.807, 2.05) is 81.1 Å². The fourth-order valence-corrected chi connectivity index (χ4v) is 6.16. The minimum atomic E-state index is -2.08. The van der Waals surface area contributed by atoms with Crippen LogP contribution in [0.1, 0.15) is 65.0 Å². The van der Waals surface area contributed by atoms with Gasteiger partial charge in [0.25, 0.3) is 0 Å². The second-order valence-electron chi connectivity index (χ2n) is 15.0. The molecule has 5 atom stereocenters. The summed E-state index contributed by atoms with van der Waals surface area (Å²) in [6, 6.07) is 14.4. The summed E-state index contributed by atoms with van der Waals surface area (Å²) >= 11 is 0. The van der Waals surface area contributed by atoms with E-state index in [0.717, 1.165) is 11.1 Å². The summed E-state index contributed by atoms with van der Waals surface area (Å²) in [5.74, 6) is -2.89. The third-order valence-corrected chi connectivity index (χ3v) is 9.12. The van der Waals surface area contributed by atoms with Gasteiger partial charge in [0.05, 0.1) is 32.4 Å². The second kappa shape index (κ2) is 21.5. The molecule has 0 spiro atoms. The first-order valence-electron chi connectivity index (χ1n) is 18.6. The maximum atomic E-state index is 14.1. The molecule has 1 fully saturated rings. The van der Waals surface area contributed by atoms with Gasteiger partial charge in [-0.25, -0.2) is 0 Å². The van der Waals surface area contributed by atoms with Crippen LogP contribution in [0.25, 0.3) is 0 Å². The molecule has 1 aliphatic heterocycles. The Hall–Kier alpha value is -4.17. The number of Topliss-reactive ketones (excluding diaryl/α,β-unsaturated/α-hetero) is 1. The van der Waals surface area contributed by atoms with E-state index in [4.69, 9.17) is 4.74 Å². The summed E-state index contributed by atoms with van der Waals surface area (Å²) < 4.78 is 5.39. The molecule has 1 heterocycles. The number of rotatable bonds is 21. The molecule has 2 aromatic rings. The first-order chi connectivity index (χ1) is 25.2. The van der Waals surface area contributed by atoms with Gasteiger partial charge >= 0.3 is 0 Å². The van der Waals surface area contributed by atoms with Gasteiger partial charge in [-0.15, -0.1) is 0 Å². The number of ether oxygens (including phenoxy) is 1. The number of hydrogen-bond donors (Lipinski definition) is 6. The highest BCUT2D eigenvalue weighted by atomic mass is 16.5. The molecule has 1 unspecified atom stereocenters. The van der Waals surface area contributed by atoms with Crippen molar-refractivity contribution in [2.24, 2.45) is 11.8 Å². The van der Waals surface area contributed by atoms with Gasteiger partial charge in [0.2, 0.25) is 23.6 Å². The third kappa shape index (κ3) is 15.0. The summed E-state index contributed by atoms with van der Waals surface area (Å²) in [4.78, 5) is 70.2. The van der Waals surface area contributed by atoms with Crippen molar-refractivity contribution >= 4 is 29.4 Å². The number of ketones is 1. The number of benzene rings is 2. The number of aliphatic hydroxyl groups is 2. The van der Waals surface area contributed by atoms with E-state index in [1.165, 1.54) is 6.92 Å². The zero-order chi connectivity index (χ0) is 39.0. The number of nitrogens with zero attached hydrogens (tertiary/aromatic N) is 1. The maximum Gasteiger partial charge on any atom is 0.243 e. The number of carbonyl (C=O) groups is 5. The molecule has 292 valence electrons. The lowest BCUT2D eigenvalue weighted by Crippen LogP contribution is -2.60. The molecular weight excluding hydrogens is 678 g/mol. The Morgan fingerprint density at radius 1 is 0.717 bits per heavy atom. The van der Waals surface area contributed by atoms with Crippen LogP contribution in [-0.4, -0.2) is 114 Å². The lowest BCUT2D eigenvalue weighted by atomic mass is 9.90. The van der Waals surface area contributed by atoms with Crippen molar-refractivity contribution in [2.75, 3.05) is 39.5 Å². The summed E-state index contributed by atoms with van der Waals surface area (Å²) in [6.07, 6.45) is 1.33. The van der Waals surface area contributed by atoms with E-state index in [2.05, 4.69) is 21.3 Å². The largest absolute Gasteiger partial charge is 0.393 e. The number of aliphatic hydroxyl groups excluding tert-OH is 1. The van der Waals surface area contributed by atoms with Crippen LogP contribution in [0.4, 0.5) is 0 Å². The highest BCUT2D eigenvalue weighted by molar-refractivity contribution is 5.97. The lowest BCUT2D eigenvalue weighted by molar-refractivity contribution is -0.144. The van der Waals surface area contributed by atoms with Crippen molar-refractivity contribution < 1.29 is 38.9 Å². The molecule has 0 aliphatic carbocycles. The predicted octanol–water partition coefficient (Wildman–Crippen LogP) is 1.54. The molecule has 6 N–H and O–H groups in total. The molecule has 13 nitrogen and oxygen atoms in total. The van der Waals surface area contributed by atoms with Gasteiger partial charge in [0.15, 0.2) is 5.78 Å². The van der Waals surface area contributed by atoms with E-state index in [9.17, 15) is 34.2 Å². The van der Waals surface area contributed by atoms with E-state index in [0.29, 0.717) is 39.1 Å². The Labute approximate surface area is 313 Å². The number of carbonyl (C=O) groups excluding carboxylic acids is 5. The molecule has 0 radical (unpaired) electrons. The summed E-state index contributed by atoms with van der Waals surface area (Å²) in [5, 5.41) is 31.5. The monoisotopic (exact) mass is 737 g/mol. The predicted molar refractivity (Wildman–Crippen MR) is 202 cm³/mol. The van der Waals surface area contributed by atoms with Crippen LogP contribution in [-0.2, 0) is 41.6 Å². The molecule has 1 saturated heterocycles. The molecule has 53 heavy (non-hydrogen) atoms. The zero-order valence-corrected chi connectivity index (χ0v) is 31.8. The lowest BCUT2D eigenvalue weighted by Gasteiger charge is -2.30. The minimum Gasteiger partial charge on any atom is -0.393 e. The molecule has 0 saturated carbocycles. The third-order valence-electron chi connectivity index (χ3n) is 9.12. The van der Waals surface area contributed by atoms with Gasteiger partial charge in [0, 0.05) is 19.5 Å². The van der Waals surface area contributed by atoms with Gasteiger partial charge in [0.1, 0.15) is 23.7 Å². The van der Waals surface area contributed by atoms with Crippen molar-refractivity contribution in [2.45, 2.75) is 96.5 Å². The molecule has 2 aromatic carbocycles. The van der Waals surface area contributed by atoms with Gasteiger partial charge in [-0.05, 0) is 55.6 Å². The van der Waals surface area contributed by atoms with Crippen LogP contribution in [0.15, 0.2) is 60.7 Å². The molecule has 3 rings (SSSR count). The first kappa shape index (κ1) is 43.2. The van der Waals surface area contributed by atoms with Gasteiger partial charge in [-0.3, -0.25) is 28.9 Å². The Bertz CT molecular complexity index is 1460. The molecule has 13 heteroatoms. The number of nitrogens with one attached hydrogen (secondary N) is 4. The van der Waals surface area contributed by atoms with Crippen molar-refractivity contribution in [1.29, 1.82) is 0 Å². The highest BCUT2D eigenvalue weighted by Crippen LogP contribution is 2.16. The quantitative estimate of drug-likeness (QED) is 0.111. The maximum absolute atomic E-state index is 14.1. The van der Waals surface area contributed by atoms with Crippen LogP contribution >= 0.6 is 0 Å². The smallest absolute Gasteiger partial charge is 0.243 e. The van der Waals surface area contributed by atoms with Crippen LogP contribution in [0.3, 0.4) is 0 Å². The molecule has 4 amide bonds. The number of hydrogen-bond acceptors (Lipinski definition) is 9. The summed E-state index contributed by atoms with van der Waals surface area (Å²) in [5.41, 5.74) is -0.337. The van der Waals surface area contributed by atoms with E-state index in [-0.39, 0.29) is 43.6 Å². The fourth-order valence-electron chi connectivity index (χ4n) is 6.16. The van der Waals surface area contributed by atoms with Gasteiger partial charge in [-0.2, -0.15) is 0 Å². The fraction of sp³-hybridized carbons (Fsp3) is 0.575. The van der Waals surface area contributed by atoms with Crippen molar-refractivity contribution in [3.8, 4) is 0 Å². The average Bonchev–Trinajstić information content (AvgIpc) is 3.12. The average molecular weight is 738 g/mol. The van der Waals surface area contributed by atoms with E-state index in [1.54, 1.807) is 12.1 Å². The topological polar surface area (TPSA) is 186 Å². The van der Waals surface area contributed by atoms with E-state index < -0.39 is 59.9 Å². The second-order valence-corrected chi connectivity index (χ2v) is 15.0. The Morgan fingerprint density at radius 2 is 1.21 bits per heavy atom. The Balaban J connectivity index is 1.84. The first-order valence-corrected chi connectivity index (χ1v) is 18.6. The van der Waals surface area contributed by atoms with E-state index >= 15 is 0 Å². The van der Waals surface area contributed by atoms with Crippen LogP contribution in [0.5, 0.6) is 0 Å². The van der Waals surface area contributed by atoms with Crippen LogP contribution in [0.2, 0.25) is 0 Å². The Morgan fingerprint density at radius 3 is 1.77 bits per heavy atom. The minimum absolute atomic E-state index is 0.0279. The standard InChI is InChI=1S/C40H59N5O8/c1-27(2)22-32(36(48)40(5,52)26-46)42-39(51)34(24-30-14-10-7-11-15-30)44-38(50)33(23-28(3)4)43-37(49)31(17-16-29-12-8-6-9-13-29)41-35(47)25-45-18-20-53-21-19-45/h6-15,27-28,31-34,46,52H,16-26H2,1-5H3,(H,41,47)(H,42,51)(H,43,49)(H,44,50)/t31-,32?,33-,34-,40+/m0/s1. The highest BCUT2D eigenvalue weighted by Gasteiger charge is 2.38. The van der Waals surface area contributed by atoms with Crippen LogP contribution < -0.4 is 21.3 Å². The summed E-state index contributed by atoms with van der Waals surface area (Å²) in [6.45, 7) is 10.3. The Kier molecular flexibility index (Phi) is 17.5. The van der Waals surface area contributed by atoms with Crippen molar-refractivity contribution in [3.05, 3.63) is 71.8 Å². The summed E-state index contributed by atoms with van der Waals surface area (Å²) in [7, 11) is 0.